The zero-order valence-electron chi connectivity index (χ0n) is 10.1. The molecule has 0 saturated heterocycles. The predicted octanol–water partition coefficient (Wildman–Crippen LogP) is 3.61. The van der Waals surface area contributed by atoms with Gasteiger partial charge in [-0.05, 0) is 32.0 Å². The number of nitrogens with one attached hydrogen (secondary N) is 1. The van der Waals surface area contributed by atoms with Gasteiger partial charge in [0, 0.05) is 27.9 Å². The van der Waals surface area contributed by atoms with E-state index in [-0.39, 0.29) is 6.04 Å². The summed E-state index contributed by atoms with van der Waals surface area (Å²) in [6.07, 6.45) is 0. The molecule has 0 radical (unpaired) electrons. The Morgan fingerprint density at radius 2 is 2.00 bits per heavy atom. The Bertz CT molecular complexity index is 492. The van der Waals surface area contributed by atoms with Crippen molar-refractivity contribution in [3.8, 4) is 5.75 Å². The molecule has 1 atom stereocenters. The molecule has 2 N–H and O–H groups in total. The summed E-state index contributed by atoms with van der Waals surface area (Å²) in [5.74, 6) is 0.356. The first kappa shape index (κ1) is 12.1. The van der Waals surface area contributed by atoms with Crippen LogP contribution < -0.4 is 5.32 Å². The minimum Gasteiger partial charge on any atom is -0.508 e. The zero-order chi connectivity index (χ0) is 12.3. The van der Waals surface area contributed by atoms with Gasteiger partial charge in [-0.25, -0.2) is 0 Å². The van der Waals surface area contributed by atoms with Gasteiger partial charge < -0.3 is 10.4 Å². The summed E-state index contributed by atoms with van der Waals surface area (Å²) in [4.78, 5) is 2.65. The summed E-state index contributed by atoms with van der Waals surface area (Å²) in [6, 6.07) is 11.9. The number of rotatable bonds is 4. The molecule has 2 aromatic rings. The number of aromatic hydroxyl groups is 1. The molecule has 90 valence electrons. The van der Waals surface area contributed by atoms with Gasteiger partial charge in [0.05, 0.1) is 0 Å². The van der Waals surface area contributed by atoms with Crippen molar-refractivity contribution in [1.82, 2.24) is 5.32 Å². The minimum atomic E-state index is 0.151. The summed E-state index contributed by atoms with van der Waals surface area (Å²) in [7, 11) is 0. The second kappa shape index (κ2) is 5.34. The van der Waals surface area contributed by atoms with Crippen LogP contribution in [0.3, 0.4) is 0 Å². The van der Waals surface area contributed by atoms with Crippen molar-refractivity contribution in [2.75, 3.05) is 0 Å². The molecule has 1 heterocycles. The van der Waals surface area contributed by atoms with Crippen molar-refractivity contribution in [1.29, 1.82) is 0 Å². The molecule has 0 saturated carbocycles. The van der Waals surface area contributed by atoms with Crippen LogP contribution in [0, 0.1) is 6.92 Å². The van der Waals surface area contributed by atoms with Gasteiger partial charge >= 0.3 is 0 Å². The number of hydrogen-bond acceptors (Lipinski definition) is 3. The highest BCUT2D eigenvalue weighted by Gasteiger charge is 2.09. The average molecular weight is 247 g/mol. The molecule has 0 fully saturated rings. The third kappa shape index (κ3) is 3.08. The van der Waals surface area contributed by atoms with Crippen LogP contribution in [-0.2, 0) is 6.54 Å². The molecule has 17 heavy (non-hydrogen) atoms. The van der Waals surface area contributed by atoms with E-state index in [1.54, 1.807) is 17.4 Å². The van der Waals surface area contributed by atoms with Crippen LogP contribution in [0.5, 0.6) is 5.75 Å². The highest BCUT2D eigenvalue weighted by molar-refractivity contribution is 7.11. The molecule has 0 aliphatic carbocycles. The number of para-hydroxylation sites is 1. The van der Waals surface area contributed by atoms with E-state index in [4.69, 9.17) is 0 Å². The number of phenolic OH excluding ortho intramolecular Hbond substituents is 1. The van der Waals surface area contributed by atoms with Gasteiger partial charge in [-0.15, -0.1) is 11.3 Å². The van der Waals surface area contributed by atoms with Crippen LogP contribution >= 0.6 is 11.3 Å². The lowest BCUT2D eigenvalue weighted by molar-refractivity contribution is 0.452. The lowest BCUT2D eigenvalue weighted by Gasteiger charge is -2.14. The van der Waals surface area contributed by atoms with Gasteiger partial charge in [0.1, 0.15) is 5.75 Å². The second-order valence-electron chi connectivity index (χ2n) is 4.17. The molecular weight excluding hydrogens is 230 g/mol. The van der Waals surface area contributed by atoms with Gasteiger partial charge in [0.15, 0.2) is 0 Å². The molecule has 0 amide bonds. The fourth-order valence-corrected chi connectivity index (χ4v) is 2.64. The highest BCUT2D eigenvalue weighted by atomic mass is 32.1. The van der Waals surface area contributed by atoms with Gasteiger partial charge in [-0.2, -0.15) is 0 Å². The molecule has 2 rings (SSSR count). The van der Waals surface area contributed by atoms with E-state index in [1.807, 2.05) is 18.2 Å². The average Bonchev–Trinajstić information content (AvgIpc) is 2.73. The predicted molar refractivity (Wildman–Crippen MR) is 72.4 cm³/mol. The van der Waals surface area contributed by atoms with Gasteiger partial charge in [-0.1, -0.05) is 18.2 Å². The van der Waals surface area contributed by atoms with Crippen molar-refractivity contribution in [3.63, 3.8) is 0 Å². The SMILES string of the molecule is Cc1ccc(CNC(C)c2ccccc2O)s1. The van der Waals surface area contributed by atoms with Crippen molar-refractivity contribution < 1.29 is 5.11 Å². The third-order valence-corrected chi connectivity index (χ3v) is 3.78. The second-order valence-corrected chi connectivity index (χ2v) is 5.55. The van der Waals surface area contributed by atoms with Crippen LogP contribution in [0.25, 0.3) is 0 Å². The standard InChI is InChI=1S/C14H17NOS/c1-10-7-8-12(17-10)9-15-11(2)13-5-3-4-6-14(13)16/h3-8,11,15-16H,9H2,1-2H3. The number of phenols is 1. The van der Waals surface area contributed by atoms with Crippen molar-refractivity contribution >= 4 is 11.3 Å². The Labute approximate surface area is 106 Å². The first-order chi connectivity index (χ1) is 8.16. The monoisotopic (exact) mass is 247 g/mol. The first-order valence-corrected chi connectivity index (χ1v) is 6.55. The maximum absolute atomic E-state index is 9.74. The number of benzene rings is 1. The van der Waals surface area contributed by atoms with Crippen LogP contribution in [-0.4, -0.2) is 5.11 Å². The van der Waals surface area contributed by atoms with Gasteiger partial charge in [0.2, 0.25) is 0 Å². The normalized spacial score (nSPS) is 12.6. The maximum atomic E-state index is 9.74. The first-order valence-electron chi connectivity index (χ1n) is 5.73. The molecule has 0 aliphatic heterocycles. The molecular formula is C14H17NOS. The van der Waals surface area contributed by atoms with Crippen molar-refractivity contribution in [3.05, 3.63) is 51.7 Å². The number of thiophene rings is 1. The van der Waals surface area contributed by atoms with Gasteiger partial charge in [-0.3, -0.25) is 0 Å². The summed E-state index contributed by atoms with van der Waals surface area (Å²) in [5, 5.41) is 13.2. The topological polar surface area (TPSA) is 32.3 Å². The zero-order valence-corrected chi connectivity index (χ0v) is 10.9. The number of aryl methyl sites for hydroxylation is 1. The summed E-state index contributed by atoms with van der Waals surface area (Å²) in [6.45, 7) is 5.02. The largest absolute Gasteiger partial charge is 0.508 e. The Morgan fingerprint density at radius 1 is 1.24 bits per heavy atom. The summed E-state index contributed by atoms with van der Waals surface area (Å²) < 4.78 is 0. The van der Waals surface area contributed by atoms with Crippen LogP contribution in [0.4, 0.5) is 0 Å². The maximum Gasteiger partial charge on any atom is 0.120 e. The van der Waals surface area contributed by atoms with Gasteiger partial charge in [0.25, 0.3) is 0 Å². The van der Waals surface area contributed by atoms with E-state index in [9.17, 15) is 5.11 Å². The van der Waals surface area contributed by atoms with Crippen molar-refractivity contribution in [2.45, 2.75) is 26.4 Å². The lowest BCUT2D eigenvalue weighted by Crippen LogP contribution is -2.17. The van der Waals surface area contributed by atoms with E-state index in [2.05, 4.69) is 31.3 Å². The Kier molecular flexibility index (Phi) is 3.82. The lowest BCUT2D eigenvalue weighted by atomic mass is 10.1. The Hall–Kier alpha value is -1.32. The van der Waals surface area contributed by atoms with Crippen LogP contribution in [0.2, 0.25) is 0 Å². The quantitative estimate of drug-likeness (QED) is 0.865. The van der Waals surface area contributed by atoms with E-state index < -0.39 is 0 Å². The smallest absolute Gasteiger partial charge is 0.120 e. The molecule has 1 aromatic carbocycles. The van der Waals surface area contributed by atoms with Crippen LogP contribution in [0.1, 0.15) is 28.3 Å². The van der Waals surface area contributed by atoms with E-state index in [0.717, 1.165) is 12.1 Å². The fraction of sp³-hybridized carbons (Fsp3) is 0.286. The Morgan fingerprint density at radius 3 is 2.65 bits per heavy atom. The van der Waals surface area contributed by atoms with E-state index >= 15 is 0 Å². The molecule has 3 heteroatoms. The molecule has 2 nitrogen and oxygen atoms in total. The fourth-order valence-electron chi connectivity index (χ4n) is 1.80. The minimum absolute atomic E-state index is 0.151. The molecule has 0 bridgehead atoms. The third-order valence-electron chi connectivity index (χ3n) is 2.78. The van der Waals surface area contributed by atoms with Crippen molar-refractivity contribution in [2.24, 2.45) is 0 Å². The molecule has 1 aromatic heterocycles. The van der Waals surface area contributed by atoms with Crippen LogP contribution in [0.15, 0.2) is 36.4 Å². The van der Waals surface area contributed by atoms with E-state index in [0.29, 0.717) is 5.75 Å². The molecule has 1 unspecified atom stereocenters. The highest BCUT2D eigenvalue weighted by Crippen LogP contribution is 2.24. The molecule has 0 aliphatic rings. The number of hydrogen-bond donors (Lipinski definition) is 2. The summed E-state index contributed by atoms with van der Waals surface area (Å²) in [5.41, 5.74) is 0.945. The Balaban J connectivity index is 1.98. The molecule has 0 spiro atoms. The summed E-state index contributed by atoms with van der Waals surface area (Å²) >= 11 is 1.80. The van der Waals surface area contributed by atoms with E-state index in [1.165, 1.54) is 9.75 Å².